The van der Waals surface area contributed by atoms with Crippen LogP contribution in [0.4, 0.5) is 0 Å². The average Bonchev–Trinajstić information content (AvgIpc) is 2.62. The molecule has 0 unspecified atom stereocenters. The Morgan fingerprint density at radius 2 is 1.59 bits per heavy atom. The van der Waals surface area contributed by atoms with E-state index in [1.165, 1.54) is 32.1 Å². The van der Waals surface area contributed by atoms with Crippen molar-refractivity contribution in [2.45, 2.75) is 77.6 Å². The Labute approximate surface area is 178 Å². The van der Waals surface area contributed by atoms with Crippen LogP contribution in [-0.2, 0) is 11.3 Å². The first-order valence-electron chi connectivity index (χ1n) is 11.3. The van der Waals surface area contributed by atoms with Gasteiger partial charge in [-0.25, -0.2) is 0 Å². The molecule has 4 aliphatic carbocycles. The molecule has 0 heterocycles. The highest BCUT2D eigenvalue weighted by molar-refractivity contribution is 6.74. The van der Waals surface area contributed by atoms with Crippen LogP contribution in [0.1, 0.15) is 58.4 Å². The third-order valence-electron chi connectivity index (χ3n) is 7.95. The predicted octanol–water partition coefficient (Wildman–Crippen LogP) is 6.94. The van der Waals surface area contributed by atoms with Gasteiger partial charge >= 0.3 is 0 Å². The molecule has 0 radical (unpaired) electrons. The second-order valence-electron chi connectivity index (χ2n) is 11.1. The van der Waals surface area contributed by atoms with Crippen molar-refractivity contribution in [2.24, 2.45) is 23.7 Å². The number of rotatable bonds is 6. The molecule has 0 atom stereocenters. The quantitative estimate of drug-likeness (QED) is 0.373. The van der Waals surface area contributed by atoms with E-state index >= 15 is 0 Å². The Morgan fingerprint density at radius 1 is 0.966 bits per heavy atom. The minimum atomic E-state index is -1.93. The van der Waals surface area contributed by atoms with E-state index in [0.29, 0.717) is 6.61 Å². The molecule has 4 bridgehead atoms. The molecule has 0 saturated heterocycles. The smallest absolute Gasteiger partial charge is 0.250 e. The number of allylic oxidation sites excluding steroid dienone is 1. The van der Waals surface area contributed by atoms with Gasteiger partial charge in [-0.2, -0.15) is 0 Å². The van der Waals surface area contributed by atoms with E-state index in [4.69, 9.17) is 13.9 Å². The third-order valence-corrected chi connectivity index (χ3v) is 12.3. The van der Waals surface area contributed by atoms with Crippen molar-refractivity contribution in [2.75, 3.05) is 7.11 Å². The molecular formula is C25H38O3Si. The maximum atomic E-state index is 6.55. The monoisotopic (exact) mass is 414 g/mol. The second-order valence-corrected chi connectivity index (χ2v) is 15.8. The molecule has 0 N–H and O–H groups in total. The molecule has 1 aromatic rings. The zero-order chi connectivity index (χ0) is 20.8. The molecule has 4 heteroatoms. The lowest BCUT2D eigenvalue weighted by molar-refractivity contribution is 0.0632. The van der Waals surface area contributed by atoms with Gasteiger partial charge < -0.3 is 13.9 Å². The summed E-state index contributed by atoms with van der Waals surface area (Å²) < 4.78 is 18.2. The molecule has 0 aliphatic heterocycles. The lowest BCUT2D eigenvalue weighted by atomic mass is 9.54. The third kappa shape index (κ3) is 4.23. The normalized spacial score (nSPS) is 28.4. The number of hydrogen-bond donors (Lipinski definition) is 0. The van der Waals surface area contributed by atoms with Gasteiger partial charge in [-0.3, -0.25) is 0 Å². The first kappa shape index (κ1) is 20.8. The van der Waals surface area contributed by atoms with Crippen molar-refractivity contribution in [3.8, 4) is 11.5 Å². The van der Waals surface area contributed by atoms with Crippen LogP contribution in [-0.4, -0.2) is 15.4 Å². The Hall–Kier alpha value is -1.42. The lowest BCUT2D eigenvalue weighted by Crippen LogP contribution is -2.43. The van der Waals surface area contributed by atoms with E-state index in [9.17, 15) is 0 Å². The summed E-state index contributed by atoms with van der Waals surface area (Å²) in [5, 5.41) is 0.147. The number of methoxy groups -OCH3 is 1. The first-order valence-corrected chi connectivity index (χ1v) is 14.2. The predicted molar refractivity (Wildman–Crippen MR) is 121 cm³/mol. The van der Waals surface area contributed by atoms with Crippen LogP contribution in [0.2, 0.25) is 18.1 Å². The van der Waals surface area contributed by atoms with Gasteiger partial charge in [0.05, 0.1) is 13.4 Å². The molecule has 4 fully saturated rings. The van der Waals surface area contributed by atoms with Crippen LogP contribution in [0.25, 0.3) is 0 Å². The van der Waals surface area contributed by atoms with E-state index in [0.717, 1.165) is 40.7 Å². The Morgan fingerprint density at radius 3 is 2.14 bits per heavy atom. The summed E-state index contributed by atoms with van der Waals surface area (Å²) in [5.74, 6) is 5.22. The van der Waals surface area contributed by atoms with E-state index in [2.05, 4.69) is 52.3 Å². The van der Waals surface area contributed by atoms with E-state index in [1.54, 1.807) is 12.7 Å². The van der Waals surface area contributed by atoms with Crippen LogP contribution in [0.5, 0.6) is 11.5 Å². The van der Waals surface area contributed by atoms with Crippen LogP contribution in [0.15, 0.2) is 30.0 Å². The topological polar surface area (TPSA) is 27.7 Å². The zero-order valence-electron chi connectivity index (χ0n) is 19.1. The molecule has 0 amide bonds. The molecular weight excluding hydrogens is 376 g/mol. The van der Waals surface area contributed by atoms with Gasteiger partial charge in [-0.1, -0.05) is 26.8 Å². The molecule has 0 spiro atoms. The van der Waals surface area contributed by atoms with Gasteiger partial charge in [-0.05, 0) is 97.2 Å². The molecule has 4 saturated carbocycles. The van der Waals surface area contributed by atoms with E-state index in [-0.39, 0.29) is 5.04 Å². The molecule has 5 rings (SSSR count). The molecule has 1 aromatic carbocycles. The Kier molecular flexibility index (Phi) is 5.52. The van der Waals surface area contributed by atoms with Gasteiger partial charge in [0, 0.05) is 0 Å². The summed E-state index contributed by atoms with van der Waals surface area (Å²) in [6.07, 6.45) is 9.20. The Balaban J connectivity index is 1.44. The first-order chi connectivity index (χ1) is 13.7. The zero-order valence-corrected chi connectivity index (χ0v) is 20.1. The van der Waals surface area contributed by atoms with Crippen molar-refractivity contribution >= 4 is 8.32 Å². The highest BCUT2D eigenvalue weighted by Gasteiger charge is 2.45. The van der Waals surface area contributed by atoms with Gasteiger partial charge in [0.25, 0.3) is 8.32 Å². The molecule has 4 aliphatic rings. The summed E-state index contributed by atoms with van der Waals surface area (Å²) in [4.78, 5) is 0. The van der Waals surface area contributed by atoms with E-state index < -0.39 is 8.32 Å². The summed E-state index contributed by atoms with van der Waals surface area (Å²) >= 11 is 0. The fourth-order valence-corrected chi connectivity index (χ4v) is 6.49. The SMILES string of the molecule is COc1ccc(COC=C2C3CC4CC(C3)CC2C4)cc1O[Si](C)(C)C(C)(C)C. The summed E-state index contributed by atoms with van der Waals surface area (Å²) in [7, 11) is -0.216. The summed E-state index contributed by atoms with van der Waals surface area (Å²) in [5.41, 5.74) is 2.74. The van der Waals surface area contributed by atoms with Gasteiger partial charge in [-0.15, -0.1) is 0 Å². The van der Waals surface area contributed by atoms with Gasteiger partial charge in [0.2, 0.25) is 0 Å². The van der Waals surface area contributed by atoms with Crippen molar-refractivity contribution in [1.29, 1.82) is 0 Å². The number of hydrogen-bond acceptors (Lipinski definition) is 3. The maximum absolute atomic E-state index is 6.55. The summed E-state index contributed by atoms with van der Waals surface area (Å²) in [6, 6.07) is 6.21. The average molecular weight is 415 g/mol. The van der Waals surface area contributed by atoms with Gasteiger partial charge in [0.15, 0.2) is 5.75 Å². The molecule has 0 aromatic heterocycles. The van der Waals surface area contributed by atoms with Crippen molar-refractivity contribution in [3.05, 3.63) is 35.6 Å². The number of benzene rings is 1. The highest BCUT2D eigenvalue weighted by atomic mass is 28.4. The number of ether oxygens (including phenoxy) is 2. The standard InChI is InChI=1S/C25H38O3Si/c1-25(2,3)29(5,6)28-24-14-17(7-8-23(24)26-4)15-27-16-22-20-10-18-9-19(12-20)13-21(22)11-18/h7-8,14,16,18-21H,9-13,15H2,1-6H3. The largest absolute Gasteiger partial charge is 0.541 e. The van der Waals surface area contributed by atoms with Gasteiger partial charge in [0.1, 0.15) is 12.4 Å². The van der Waals surface area contributed by atoms with E-state index in [1.807, 2.05) is 6.07 Å². The molecule has 3 nitrogen and oxygen atoms in total. The molecule has 160 valence electrons. The van der Waals surface area contributed by atoms with Crippen molar-refractivity contribution in [3.63, 3.8) is 0 Å². The fraction of sp³-hybridized carbons (Fsp3) is 0.680. The summed E-state index contributed by atoms with van der Waals surface area (Å²) in [6.45, 7) is 11.9. The minimum absolute atomic E-state index is 0.147. The van der Waals surface area contributed by atoms with Crippen LogP contribution in [0.3, 0.4) is 0 Å². The van der Waals surface area contributed by atoms with Crippen LogP contribution in [0, 0.1) is 23.7 Å². The van der Waals surface area contributed by atoms with Crippen molar-refractivity contribution in [1.82, 2.24) is 0 Å². The van der Waals surface area contributed by atoms with Crippen LogP contribution >= 0.6 is 0 Å². The van der Waals surface area contributed by atoms with Crippen LogP contribution < -0.4 is 9.16 Å². The minimum Gasteiger partial charge on any atom is -0.541 e. The second kappa shape index (κ2) is 7.68. The fourth-order valence-electron chi connectivity index (χ4n) is 5.47. The Bertz CT molecular complexity index is 745. The maximum Gasteiger partial charge on any atom is 0.250 e. The molecule has 29 heavy (non-hydrogen) atoms. The van der Waals surface area contributed by atoms with Crippen molar-refractivity contribution < 1.29 is 13.9 Å². The highest BCUT2D eigenvalue weighted by Crippen LogP contribution is 2.56. The lowest BCUT2D eigenvalue weighted by Gasteiger charge is -2.51.